The third-order valence-electron chi connectivity index (χ3n) is 2.95. The second-order valence-corrected chi connectivity index (χ2v) is 5.33. The highest BCUT2D eigenvalue weighted by Crippen LogP contribution is 2.30. The minimum absolute atomic E-state index is 0.0720. The zero-order valence-corrected chi connectivity index (χ0v) is 11.8. The molecule has 0 unspecified atom stereocenters. The van der Waals surface area contributed by atoms with Gasteiger partial charge in [-0.15, -0.1) is 0 Å². The van der Waals surface area contributed by atoms with Crippen molar-refractivity contribution in [1.82, 2.24) is 4.98 Å². The number of aromatic nitrogens is 1. The molecule has 0 aliphatic heterocycles. The molecule has 1 aromatic heterocycles. The third kappa shape index (κ3) is 2.54. The summed E-state index contributed by atoms with van der Waals surface area (Å²) in [5, 5.41) is 10.2. The van der Waals surface area contributed by atoms with Crippen LogP contribution in [0.2, 0.25) is 0 Å². The molecule has 0 bridgehead atoms. The fourth-order valence-electron chi connectivity index (χ4n) is 1.79. The molecule has 0 amide bonds. The summed E-state index contributed by atoms with van der Waals surface area (Å²) in [6.07, 6.45) is 0.855. The van der Waals surface area contributed by atoms with E-state index in [2.05, 4.69) is 48.0 Å². The minimum atomic E-state index is 0.0720. The molecule has 1 N–H and O–H groups in total. The molecule has 0 atom stereocenters. The average Bonchev–Trinajstić information content (AvgIpc) is 2.82. The van der Waals surface area contributed by atoms with E-state index in [-0.39, 0.29) is 6.61 Å². The van der Waals surface area contributed by atoms with E-state index in [1.54, 1.807) is 11.3 Å². The maximum atomic E-state index is 9.30. The maximum Gasteiger partial charge on any atom is 0.190 e. The highest BCUT2D eigenvalue weighted by molar-refractivity contribution is 7.15. The molecule has 18 heavy (non-hydrogen) atoms. The van der Waals surface area contributed by atoms with Gasteiger partial charge >= 0.3 is 0 Å². The van der Waals surface area contributed by atoms with Gasteiger partial charge in [0.15, 0.2) is 5.13 Å². The van der Waals surface area contributed by atoms with Crippen molar-refractivity contribution in [2.75, 3.05) is 11.9 Å². The Morgan fingerprint density at radius 2 is 1.94 bits per heavy atom. The predicted octanol–water partition coefficient (Wildman–Crippen LogP) is 3.27. The molecule has 0 spiro atoms. The first-order chi connectivity index (χ1) is 8.65. The summed E-state index contributed by atoms with van der Waals surface area (Å²) in [4.78, 5) is 7.60. The summed E-state index contributed by atoms with van der Waals surface area (Å²) < 4.78 is 0. The number of aryl methyl sites for hydroxylation is 2. The standard InChI is InChI=1S/C14H18N2OS/c1-4-12-13(9-17)18-14(15-12)16(3)11-7-5-10(2)6-8-11/h5-8,17H,4,9H2,1-3H3. The van der Waals surface area contributed by atoms with Crippen LogP contribution in [0.25, 0.3) is 0 Å². The largest absolute Gasteiger partial charge is 0.391 e. The van der Waals surface area contributed by atoms with Crippen LogP contribution in [0.5, 0.6) is 0 Å². The second-order valence-electron chi connectivity index (χ2n) is 4.27. The quantitative estimate of drug-likeness (QED) is 0.918. The molecule has 0 aliphatic carbocycles. The average molecular weight is 262 g/mol. The Morgan fingerprint density at radius 1 is 1.28 bits per heavy atom. The molecule has 3 nitrogen and oxygen atoms in total. The van der Waals surface area contributed by atoms with Gasteiger partial charge in [0.1, 0.15) is 0 Å². The van der Waals surface area contributed by atoms with Gasteiger partial charge in [-0.1, -0.05) is 36.0 Å². The van der Waals surface area contributed by atoms with Crippen LogP contribution < -0.4 is 4.90 Å². The Labute approximate surface area is 112 Å². The molecular formula is C14H18N2OS. The van der Waals surface area contributed by atoms with Crippen molar-refractivity contribution in [3.05, 3.63) is 40.4 Å². The van der Waals surface area contributed by atoms with E-state index in [1.165, 1.54) is 5.56 Å². The fourth-order valence-corrected chi connectivity index (χ4v) is 2.78. The summed E-state index contributed by atoms with van der Waals surface area (Å²) in [7, 11) is 2.00. The number of anilines is 2. The zero-order chi connectivity index (χ0) is 13.1. The van der Waals surface area contributed by atoms with Gasteiger partial charge < -0.3 is 10.0 Å². The van der Waals surface area contributed by atoms with E-state index in [9.17, 15) is 5.11 Å². The van der Waals surface area contributed by atoms with Gasteiger partial charge in [-0.25, -0.2) is 4.98 Å². The normalized spacial score (nSPS) is 10.7. The predicted molar refractivity (Wildman–Crippen MR) is 76.7 cm³/mol. The molecule has 1 aromatic carbocycles. The molecule has 0 saturated heterocycles. The first-order valence-corrected chi connectivity index (χ1v) is 6.87. The summed E-state index contributed by atoms with van der Waals surface area (Å²) >= 11 is 1.56. The number of benzene rings is 1. The van der Waals surface area contributed by atoms with Gasteiger partial charge in [-0.05, 0) is 25.5 Å². The summed E-state index contributed by atoms with van der Waals surface area (Å²) in [5.41, 5.74) is 3.36. The molecule has 0 radical (unpaired) electrons. The van der Waals surface area contributed by atoms with E-state index < -0.39 is 0 Å². The topological polar surface area (TPSA) is 36.4 Å². The van der Waals surface area contributed by atoms with E-state index in [1.807, 2.05) is 7.05 Å². The number of nitrogens with zero attached hydrogens (tertiary/aromatic N) is 2. The van der Waals surface area contributed by atoms with Gasteiger partial charge in [0.25, 0.3) is 0 Å². The number of thiazole rings is 1. The molecule has 96 valence electrons. The maximum absolute atomic E-state index is 9.30. The second kappa shape index (κ2) is 5.50. The highest BCUT2D eigenvalue weighted by Gasteiger charge is 2.13. The molecular weight excluding hydrogens is 244 g/mol. The lowest BCUT2D eigenvalue weighted by Gasteiger charge is -2.15. The Balaban J connectivity index is 2.30. The Morgan fingerprint density at radius 3 is 2.44 bits per heavy atom. The lowest BCUT2D eigenvalue weighted by Crippen LogP contribution is -2.08. The van der Waals surface area contributed by atoms with Crippen LogP contribution in [-0.2, 0) is 13.0 Å². The molecule has 0 saturated carbocycles. The van der Waals surface area contributed by atoms with Crippen LogP contribution in [0.4, 0.5) is 10.8 Å². The van der Waals surface area contributed by atoms with Gasteiger partial charge in [0.2, 0.25) is 0 Å². The van der Waals surface area contributed by atoms with E-state index in [0.29, 0.717) is 0 Å². The SMILES string of the molecule is CCc1nc(N(C)c2ccc(C)cc2)sc1CO. The third-order valence-corrected chi connectivity index (χ3v) is 4.11. The molecule has 1 heterocycles. The van der Waals surface area contributed by atoms with Crippen molar-refractivity contribution in [2.24, 2.45) is 0 Å². The molecule has 0 fully saturated rings. The van der Waals surface area contributed by atoms with Crippen LogP contribution in [0.1, 0.15) is 23.1 Å². The molecule has 0 aliphatic rings. The Kier molecular flexibility index (Phi) is 3.99. The summed E-state index contributed by atoms with van der Waals surface area (Å²) in [6.45, 7) is 4.21. The summed E-state index contributed by atoms with van der Waals surface area (Å²) in [5.74, 6) is 0. The van der Waals surface area contributed by atoms with E-state index in [4.69, 9.17) is 0 Å². The Bertz CT molecular complexity index is 498. The van der Waals surface area contributed by atoms with E-state index >= 15 is 0 Å². The smallest absolute Gasteiger partial charge is 0.190 e. The fraction of sp³-hybridized carbons (Fsp3) is 0.357. The van der Waals surface area contributed by atoms with Crippen LogP contribution in [0, 0.1) is 6.92 Å². The molecule has 2 aromatic rings. The number of hydrogen-bond acceptors (Lipinski definition) is 4. The van der Waals surface area contributed by atoms with Gasteiger partial charge in [0.05, 0.1) is 17.2 Å². The highest BCUT2D eigenvalue weighted by atomic mass is 32.1. The van der Waals surface area contributed by atoms with Gasteiger partial charge in [-0.3, -0.25) is 0 Å². The number of aliphatic hydroxyl groups excluding tert-OH is 1. The first kappa shape index (κ1) is 13.1. The van der Waals surface area contributed by atoms with Crippen LogP contribution in [-0.4, -0.2) is 17.1 Å². The summed E-state index contributed by atoms with van der Waals surface area (Å²) in [6, 6.07) is 8.35. The first-order valence-electron chi connectivity index (χ1n) is 6.05. The van der Waals surface area contributed by atoms with Gasteiger partial charge in [0, 0.05) is 12.7 Å². The van der Waals surface area contributed by atoms with Crippen molar-refractivity contribution in [3.8, 4) is 0 Å². The number of rotatable bonds is 4. The molecule has 4 heteroatoms. The molecule has 2 rings (SSSR count). The van der Waals surface area contributed by atoms with Gasteiger partial charge in [-0.2, -0.15) is 0 Å². The monoisotopic (exact) mass is 262 g/mol. The van der Waals surface area contributed by atoms with E-state index in [0.717, 1.165) is 27.8 Å². The lowest BCUT2D eigenvalue weighted by molar-refractivity contribution is 0.284. The van der Waals surface area contributed by atoms with Crippen molar-refractivity contribution in [1.29, 1.82) is 0 Å². The van der Waals surface area contributed by atoms with Crippen molar-refractivity contribution in [3.63, 3.8) is 0 Å². The van der Waals surface area contributed by atoms with Crippen molar-refractivity contribution >= 4 is 22.2 Å². The van der Waals surface area contributed by atoms with Crippen LogP contribution in [0.3, 0.4) is 0 Å². The zero-order valence-electron chi connectivity index (χ0n) is 11.0. The van der Waals surface area contributed by atoms with Crippen molar-refractivity contribution in [2.45, 2.75) is 26.9 Å². The number of hydrogen-bond donors (Lipinski definition) is 1. The van der Waals surface area contributed by atoms with Crippen LogP contribution in [0.15, 0.2) is 24.3 Å². The Hall–Kier alpha value is -1.39. The van der Waals surface area contributed by atoms with Crippen LogP contribution >= 0.6 is 11.3 Å². The lowest BCUT2D eigenvalue weighted by atomic mass is 10.2. The number of aliphatic hydroxyl groups is 1. The minimum Gasteiger partial charge on any atom is -0.391 e. The van der Waals surface area contributed by atoms with Crippen molar-refractivity contribution < 1.29 is 5.11 Å².